The Morgan fingerprint density at radius 2 is 1.05 bits per heavy atom. The molecule has 0 aliphatic heterocycles. The number of hydrogen-bond acceptors (Lipinski definition) is 4. The maximum absolute atomic E-state index is 10.3. The summed E-state index contributed by atoms with van der Waals surface area (Å²) in [4.78, 5) is 20.2. The van der Waals surface area contributed by atoms with Gasteiger partial charge in [-0.2, -0.15) is 0 Å². The quantitative estimate of drug-likeness (QED) is 0.226. The van der Waals surface area contributed by atoms with Gasteiger partial charge in [-0.15, -0.1) is 0 Å². The Hall–Kier alpha value is 2.55. The third-order valence-electron chi connectivity index (χ3n) is 0.826. The molecule has 0 saturated heterocycles. The topological polar surface area (TPSA) is 87.2 Å². The number of alkyl halides is 3. The van der Waals surface area contributed by atoms with Gasteiger partial charge < -0.3 is 30.2 Å². The van der Waals surface area contributed by atoms with Gasteiger partial charge in [0.15, 0.2) is 0 Å². The van der Waals surface area contributed by atoms with Crippen LogP contribution >= 0.6 is 63.7 Å². The first-order chi connectivity index (χ1) is 5.89. The predicted molar refractivity (Wildman–Crippen MR) is 94.5 cm³/mol. The number of carboxylic acid groups (broad SMARTS) is 1. The van der Waals surface area contributed by atoms with E-state index in [1.54, 1.807) is 13.8 Å². The van der Waals surface area contributed by atoms with Crippen LogP contribution in [0.25, 0.3) is 0 Å². The van der Waals surface area contributed by atoms with E-state index in [4.69, 9.17) is 0 Å². The summed E-state index contributed by atoms with van der Waals surface area (Å²) in [6.07, 6.45) is 0. The maximum atomic E-state index is 10.3. The van der Waals surface area contributed by atoms with Gasteiger partial charge >= 0.3 is 46.1 Å². The second-order valence-corrected chi connectivity index (χ2v) is 9.86. The Balaban J connectivity index is -0.0000000240. The van der Waals surface area contributed by atoms with E-state index in [2.05, 4.69) is 63.7 Å². The van der Waals surface area contributed by atoms with Crippen LogP contribution < -0.4 is 5.11 Å². The zero-order chi connectivity index (χ0) is 12.2. The smallest absolute Gasteiger partial charge is 0.870 e. The minimum absolute atomic E-state index is 0. The van der Waals surface area contributed by atoms with Gasteiger partial charge in [-0.1, -0.05) is 47.8 Å². The van der Waals surface area contributed by atoms with Gasteiger partial charge in [-0.3, -0.25) is 4.79 Å². The Bertz CT molecular complexity index is 203. The van der Waals surface area contributed by atoms with Crippen molar-refractivity contribution in [1.82, 2.24) is 0 Å². The molecule has 1 N–H and O–H groups in total. The summed E-state index contributed by atoms with van der Waals surface area (Å²) in [6.45, 7) is 5.00. The van der Waals surface area contributed by atoms with Crippen LogP contribution in [0.3, 0.4) is 0 Å². The van der Waals surface area contributed by atoms with Crippen molar-refractivity contribution < 1.29 is 20.2 Å². The third kappa shape index (κ3) is 33.4. The van der Waals surface area contributed by atoms with Crippen LogP contribution in [0.15, 0.2) is 0 Å². The van der Waals surface area contributed by atoms with Gasteiger partial charge in [0.2, 0.25) is 4.69 Å². The van der Waals surface area contributed by atoms with E-state index in [0.717, 1.165) is 0 Å². The maximum Gasteiger partial charge on any atom is 2.00 e. The van der Waals surface area contributed by atoms with Crippen molar-refractivity contribution in [3.8, 4) is 0 Å². The van der Waals surface area contributed by atoms with Crippen molar-refractivity contribution in [3.63, 3.8) is 0 Å². The van der Waals surface area contributed by atoms with Crippen LogP contribution in [0, 0.1) is 14.9 Å². The summed E-state index contributed by atoms with van der Waals surface area (Å²) in [6, 6.07) is 0. The monoisotopic (exact) mass is 552 g/mol. The molecule has 0 unspecified atom stereocenters. The molecule has 19 heavy (non-hydrogen) atoms. The van der Waals surface area contributed by atoms with Crippen LogP contribution in [0.5, 0.6) is 0 Å². The molecule has 0 aromatic rings. The van der Waals surface area contributed by atoms with E-state index in [1.807, 2.05) is 0 Å². The van der Waals surface area contributed by atoms with Gasteiger partial charge in [-0.05, 0) is 36.7 Å². The minimum Gasteiger partial charge on any atom is -0.870 e. The van der Waals surface area contributed by atoms with Gasteiger partial charge in [-0.25, -0.2) is 0 Å². The summed E-state index contributed by atoms with van der Waals surface area (Å²) < 4.78 is -1.51. The molecule has 0 radical (unpaired) electrons. The SMILES string of the molecule is CC(Br)(Br)C(=O)[O-].CC(C)(Br)C(=O)Br.[CH3-].[CH3-].[Mg+2].[Mg+2].[OH-]. The van der Waals surface area contributed by atoms with E-state index in [0.29, 0.717) is 0 Å². The normalized spacial score (nSPS) is 8.37. The van der Waals surface area contributed by atoms with Crippen molar-refractivity contribution >= 4 is 120 Å². The molecule has 0 fully saturated rings. The zero-order valence-corrected chi connectivity index (χ0v) is 20.8. The second kappa shape index (κ2) is 18.6. The van der Waals surface area contributed by atoms with Crippen LogP contribution in [0.2, 0.25) is 0 Å². The fourth-order valence-corrected chi connectivity index (χ4v) is 0. The molecule has 0 rings (SSSR count). The summed E-state index contributed by atoms with van der Waals surface area (Å²) in [5, 5.41) is 9.82. The zero-order valence-electron chi connectivity index (χ0n) is 11.6. The first-order valence-electron chi connectivity index (χ1n) is 3.37. The van der Waals surface area contributed by atoms with Crippen molar-refractivity contribution in [1.29, 1.82) is 0 Å². The number of carboxylic acids is 1. The summed E-state index contributed by atoms with van der Waals surface area (Å²) in [5.41, 5.74) is 0. The predicted octanol–water partition coefficient (Wildman–Crippen LogP) is 2.29. The molecule has 0 saturated carbocycles. The molecule has 0 amide bonds. The van der Waals surface area contributed by atoms with Crippen molar-refractivity contribution in [3.05, 3.63) is 14.9 Å². The average Bonchev–Trinajstić information content (AvgIpc) is 1.83. The van der Waals surface area contributed by atoms with Gasteiger partial charge in [0.1, 0.15) is 3.23 Å². The van der Waals surface area contributed by atoms with E-state index in [9.17, 15) is 14.7 Å². The molecule has 108 valence electrons. The number of hydrogen-bond donors (Lipinski definition) is 0. The van der Waals surface area contributed by atoms with Crippen LogP contribution in [-0.4, -0.2) is 69.8 Å². The summed E-state index contributed by atoms with van der Waals surface area (Å²) >= 11 is 11.6. The first kappa shape index (κ1) is 43.0. The molecule has 0 aromatic heterocycles. The third-order valence-corrected chi connectivity index (χ3v) is 3.36. The van der Waals surface area contributed by atoms with Gasteiger partial charge in [0.05, 0.1) is 10.3 Å². The Kier molecular flexibility index (Phi) is 42.1. The standard InChI is InChI=1S/C4H6Br2O.C3H4Br2O2.2CH3.2Mg.H2O/c1-4(2,6)3(5)7;1-3(4,5)2(6)7;;;;;/h1-2H3;1H3,(H,6,7);2*1H3;;;1H2/q;;2*-1;2*+2;/p-2. The molecule has 0 spiro atoms. The number of rotatable bonds is 2. The largest absolute Gasteiger partial charge is 2.00 e. The average molecular weight is 556 g/mol. The Labute approximate surface area is 181 Å². The Morgan fingerprint density at radius 1 is 0.947 bits per heavy atom. The van der Waals surface area contributed by atoms with E-state index in [-0.39, 0.29) is 71.1 Å². The van der Waals surface area contributed by atoms with Crippen molar-refractivity contribution in [2.24, 2.45) is 0 Å². The van der Waals surface area contributed by atoms with Crippen LogP contribution in [0.1, 0.15) is 20.8 Å². The molecule has 0 aromatic carbocycles. The minimum atomic E-state index is -1.17. The summed E-state index contributed by atoms with van der Waals surface area (Å²) in [5.74, 6) is -1.17. The van der Waals surface area contributed by atoms with Crippen LogP contribution in [0.4, 0.5) is 0 Å². The van der Waals surface area contributed by atoms with Gasteiger partial charge in [0, 0.05) is 0 Å². The van der Waals surface area contributed by atoms with E-state index < -0.39 is 13.5 Å². The molecule has 4 nitrogen and oxygen atoms in total. The second-order valence-electron chi connectivity index (χ2n) is 2.92. The van der Waals surface area contributed by atoms with E-state index in [1.165, 1.54) is 6.92 Å². The molecule has 0 atom stereocenters. The Morgan fingerprint density at radius 3 is 1.05 bits per heavy atom. The number of carbonyl (C=O) groups excluding carboxylic acids is 2. The van der Waals surface area contributed by atoms with Crippen LogP contribution in [-0.2, 0) is 9.59 Å². The van der Waals surface area contributed by atoms with E-state index >= 15 is 0 Å². The fourth-order valence-electron chi connectivity index (χ4n) is 0. The molecule has 0 bridgehead atoms. The number of carbonyl (C=O) groups is 2. The molecule has 0 heterocycles. The van der Waals surface area contributed by atoms with Crippen molar-refractivity contribution in [2.45, 2.75) is 28.3 Å². The molecule has 10 heteroatoms. The molecular formula is C9H16Br4Mg2O4. The van der Waals surface area contributed by atoms with Gasteiger partial charge in [0.25, 0.3) is 0 Å². The molecule has 0 aliphatic carbocycles. The molecular weight excluding hydrogens is 540 g/mol. The van der Waals surface area contributed by atoms with Crippen molar-refractivity contribution in [2.75, 3.05) is 0 Å². The number of aliphatic carboxylic acids is 1. The summed E-state index contributed by atoms with van der Waals surface area (Å²) in [7, 11) is 0. The number of halogens is 4. The first-order valence-corrected chi connectivity index (χ1v) is 6.54. The fraction of sp³-hybridized carbons (Fsp3) is 0.556. The molecule has 0 aliphatic rings.